The molecule has 1 aliphatic heterocycles. The van der Waals surface area contributed by atoms with Crippen molar-refractivity contribution in [3.8, 4) is 5.19 Å². The Morgan fingerprint density at radius 1 is 1.19 bits per heavy atom. The number of hydrogen-bond acceptors (Lipinski definition) is 8. The topological polar surface area (TPSA) is 84.0 Å². The van der Waals surface area contributed by atoms with E-state index in [1.54, 1.807) is 19.2 Å². The number of rotatable bonds is 7. The Hall–Kier alpha value is -1.51. The Morgan fingerprint density at radius 2 is 1.88 bits per heavy atom. The van der Waals surface area contributed by atoms with Crippen molar-refractivity contribution in [2.75, 3.05) is 26.4 Å². The fraction of sp³-hybridized carbons (Fsp3) is 0.722. The molecule has 7 nitrogen and oxygen atoms in total. The second-order valence-electron chi connectivity index (χ2n) is 6.67. The van der Waals surface area contributed by atoms with Gasteiger partial charge in [-0.05, 0) is 19.8 Å². The molecule has 0 radical (unpaired) electrons. The van der Waals surface area contributed by atoms with E-state index >= 15 is 0 Å². The molecule has 2 heterocycles. The van der Waals surface area contributed by atoms with Gasteiger partial charge in [0, 0.05) is 24.6 Å². The van der Waals surface area contributed by atoms with Crippen molar-refractivity contribution in [1.82, 2.24) is 4.98 Å². The number of carbonyl (C=O) groups excluding carboxylic acids is 2. The molecule has 1 aromatic heterocycles. The Morgan fingerprint density at radius 3 is 2.50 bits per heavy atom. The zero-order valence-corrected chi connectivity index (χ0v) is 16.1. The van der Waals surface area contributed by atoms with Crippen LogP contribution < -0.4 is 4.74 Å². The second-order valence-corrected chi connectivity index (χ2v) is 7.49. The average Bonchev–Trinajstić information content (AvgIpc) is 3.31. The Labute approximate surface area is 157 Å². The largest absolute Gasteiger partial charge is 0.469 e. The minimum atomic E-state index is -0.739. The molecule has 2 fully saturated rings. The zero-order chi connectivity index (χ0) is 18.6. The van der Waals surface area contributed by atoms with Gasteiger partial charge in [0.15, 0.2) is 11.6 Å². The Kier molecular flexibility index (Phi) is 5.94. The highest BCUT2D eigenvalue weighted by molar-refractivity contribution is 7.11. The van der Waals surface area contributed by atoms with Gasteiger partial charge in [-0.15, -0.1) is 0 Å². The standard InChI is InChI=1S/C18H25NO6S/c1-3-14(20)13-11-26-16(19-13)23-12-17(15(21)22-4-2)5-7-18(8-6-17)24-9-10-25-18/h11H,3-10,12H2,1-2H3. The van der Waals surface area contributed by atoms with Gasteiger partial charge in [0.25, 0.3) is 5.19 Å². The van der Waals surface area contributed by atoms with Crippen LogP contribution in [0.4, 0.5) is 0 Å². The Bertz CT molecular complexity index is 642. The molecule has 1 saturated carbocycles. The van der Waals surface area contributed by atoms with E-state index in [2.05, 4.69) is 4.98 Å². The molecule has 1 spiro atoms. The lowest BCUT2D eigenvalue weighted by Gasteiger charge is -2.41. The van der Waals surface area contributed by atoms with Gasteiger partial charge in [-0.25, -0.2) is 0 Å². The van der Waals surface area contributed by atoms with Gasteiger partial charge in [-0.3, -0.25) is 9.59 Å². The number of ketones is 1. The van der Waals surface area contributed by atoms with Crippen molar-refractivity contribution < 1.29 is 28.5 Å². The van der Waals surface area contributed by atoms with E-state index < -0.39 is 11.2 Å². The zero-order valence-electron chi connectivity index (χ0n) is 15.2. The monoisotopic (exact) mass is 383 g/mol. The first-order valence-corrected chi connectivity index (χ1v) is 9.97. The molecule has 0 unspecified atom stereocenters. The van der Waals surface area contributed by atoms with E-state index in [4.69, 9.17) is 18.9 Å². The van der Waals surface area contributed by atoms with Crippen LogP contribution in [-0.2, 0) is 19.0 Å². The van der Waals surface area contributed by atoms with Crippen LogP contribution >= 0.6 is 11.3 Å². The molecule has 26 heavy (non-hydrogen) atoms. The highest BCUT2D eigenvalue weighted by atomic mass is 32.1. The summed E-state index contributed by atoms with van der Waals surface area (Å²) in [5.41, 5.74) is -0.329. The molecule has 0 atom stereocenters. The van der Waals surface area contributed by atoms with Crippen molar-refractivity contribution in [2.24, 2.45) is 5.41 Å². The van der Waals surface area contributed by atoms with E-state index in [1.165, 1.54) is 11.3 Å². The molecule has 1 saturated heterocycles. The molecule has 144 valence electrons. The highest BCUT2D eigenvalue weighted by Crippen LogP contribution is 2.46. The predicted molar refractivity (Wildman–Crippen MR) is 94.4 cm³/mol. The number of Topliss-reactive ketones (excluding diaryl/α,β-unsaturated/α-hetero) is 1. The van der Waals surface area contributed by atoms with E-state index in [-0.39, 0.29) is 18.4 Å². The van der Waals surface area contributed by atoms with Gasteiger partial charge in [0.1, 0.15) is 17.7 Å². The van der Waals surface area contributed by atoms with Crippen LogP contribution in [0.5, 0.6) is 5.19 Å². The molecule has 8 heteroatoms. The van der Waals surface area contributed by atoms with Crippen molar-refractivity contribution in [1.29, 1.82) is 0 Å². The van der Waals surface area contributed by atoms with Crippen LogP contribution in [0.2, 0.25) is 0 Å². The number of aromatic nitrogens is 1. The molecule has 1 aromatic rings. The number of hydrogen-bond donors (Lipinski definition) is 0. The maximum atomic E-state index is 12.6. The van der Waals surface area contributed by atoms with E-state index in [0.717, 1.165) is 0 Å². The van der Waals surface area contributed by atoms with Crippen LogP contribution in [0, 0.1) is 5.41 Å². The molecule has 1 aliphatic carbocycles. The van der Waals surface area contributed by atoms with Crippen LogP contribution in [0.25, 0.3) is 0 Å². The first-order chi connectivity index (χ1) is 12.5. The first kappa shape index (κ1) is 19.3. The average molecular weight is 383 g/mol. The summed E-state index contributed by atoms with van der Waals surface area (Å²) in [6.07, 6.45) is 2.80. The van der Waals surface area contributed by atoms with Crippen LogP contribution in [0.3, 0.4) is 0 Å². The molecule has 0 bridgehead atoms. The molecular formula is C18H25NO6S. The summed E-state index contributed by atoms with van der Waals surface area (Å²) in [5.74, 6) is -0.835. The lowest BCUT2D eigenvalue weighted by molar-refractivity contribution is -0.201. The summed E-state index contributed by atoms with van der Waals surface area (Å²) in [7, 11) is 0. The van der Waals surface area contributed by atoms with Crippen molar-refractivity contribution in [3.63, 3.8) is 0 Å². The quantitative estimate of drug-likeness (QED) is 0.529. The number of nitrogens with zero attached hydrogens (tertiary/aromatic N) is 1. The van der Waals surface area contributed by atoms with Crippen molar-refractivity contribution in [2.45, 2.75) is 51.7 Å². The summed E-state index contributed by atoms with van der Waals surface area (Å²) in [6.45, 7) is 5.28. The van der Waals surface area contributed by atoms with Crippen LogP contribution in [-0.4, -0.2) is 49.0 Å². The lowest BCUT2D eigenvalue weighted by atomic mass is 9.72. The van der Waals surface area contributed by atoms with Crippen molar-refractivity contribution in [3.05, 3.63) is 11.1 Å². The normalized spacial score (nSPS) is 20.8. The molecule has 0 aromatic carbocycles. The van der Waals surface area contributed by atoms with Gasteiger partial charge < -0.3 is 18.9 Å². The summed E-state index contributed by atoms with van der Waals surface area (Å²) in [4.78, 5) is 28.6. The molecule has 0 amide bonds. The third-order valence-corrected chi connectivity index (χ3v) is 5.80. The second kappa shape index (κ2) is 8.02. The predicted octanol–water partition coefficient (Wildman–Crippen LogP) is 2.98. The molecule has 3 rings (SSSR count). The van der Waals surface area contributed by atoms with Gasteiger partial charge >= 0.3 is 5.97 Å². The third kappa shape index (κ3) is 3.92. The molecule has 0 N–H and O–H groups in total. The first-order valence-electron chi connectivity index (χ1n) is 9.09. The smallest absolute Gasteiger partial charge is 0.315 e. The van der Waals surface area contributed by atoms with E-state index in [0.29, 0.717) is 62.8 Å². The third-order valence-electron chi connectivity index (χ3n) is 5.05. The number of ether oxygens (including phenoxy) is 4. The van der Waals surface area contributed by atoms with Gasteiger partial charge in [0.2, 0.25) is 0 Å². The van der Waals surface area contributed by atoms with Gasteiger partial charge in [-0.1, -0.05) is 18.3 Å². The summed E-state index contributed by atoms with van der Waals surface area (Å²) >= 11 is 1.27. The SMILES string of the molecule is CCOC(=O)C1(COc2nc(C(=O)CC)cs2)CCC2(CC1)OCCO2. The maximum Gasteiger partial charge on any atom is 0.315 e. The maximum absolute atomic E-state index is 12.6. The number of carbonyl (C=O) groups is 2. The summed E-state index contributed by atoms with van der Waals surface area (Å²) < 4.78 is 22.6. The number of esters is 1. The van der Waals surface area contributed by atoms with Gasteiger partial charge in [-0.2, -0.15) is 4.98 Å². The fourth-order valence-corrected chi connectivity index (χ4v) is 4.09. The lowest BCUT2D eigenvalue weighted by Crippen LogP contribution is -2.47. The van der Waals surface area contributed by atoms with E-state index in [9.17, 15) is 9.59 Å². The van der Waals surface area contributed by atoms with Crippen LogP contribution in [0.15, 0.2) is 5.38 Å². The minimum absolute atomic E-state index is 0.0219. The molecule has 2 aliphatic rings. The molecular weight excluding hydrogens is 358 g/mol. The van der Waals surface area contributed by atoms with Gasteiger partial charge in [0.05, 0.1) is 19.8 Å². The van der Waals surface area contributed by atoms with Crippen molar-refractivity contribution >= 4 is 23.1 Å². The fourth-order valence-electron chi connectivity index (χ4n) is 3.42. The summed E-state index contributed by atoms with van der Waals surface area (Å²) in [5, 5.41) is 2.09. The minimum Gasteiger partial charge on any atom is -0.469 e. The number of thiazole rings is 1. The summed E-state index contributed by atoms with van der Waals surface area (Å²) in [6, 6.07) is 0. The highest BCUT2D eigenvalue weighted by Gasteiger charge is 2.51. The van der Waals surface area contributed by atoms with Crippen LogP contribution in [0.1, 0.15) is 56.4 Å². The van der Waals surface area contributed by atoms with E-state index in [1.807, 2.05) is 0 Å². The Balaban J connectivity index is 1.68.